The summed E-state index contributed by atoms with van der Waals surface area (Å²) in [6.07, 6.45) is 8.22. The third kappa shape index (κ3) is 4.22. The lowest BCUT2D eigenvalue weighted by atomic mass is 9.89. The quantitative estimate of drug-likeness (QED) is 0.752. The number of nitrogens with one attached hydrogen (secondary N) is 1. The number of likely N-dealkylation sites (N-methyl/N-ethyl adjacent to an activating group) is 1. The van der Waals surface area contributed by atoms with Gasteiger partial charge in [0, 0.05) is 24.0 Å². The molecule has 3 heteroatoms. The third-order valence-corrected chi connectivity index (χ3v) is 4.07. The zero-order chi connectivity index (χ0) is 11.8. The van der Waals surface area contributed by atoms with E-state index in [4.69, 9.17) is 0 Å². The van der Waals surface area contributed by atoms with Gasteiger partial charge in [-0.1, -0.05) is 33.1 Å². The second-order valence-corrected chi connectivity index (χ2v) is 5.31. The molecule has 1 aromatic heterocycles. The highest BCUT2D eigenvalue weighted by molar-refractivity contribution is 7.09. The average Bonchev–Trinajstić information content (AvgIpc) is 2.81. The van der Waals surface area contributed by atoms with Crippen LogP contribution in [0.15, 0.2) is 11.6 Å². The fraction of sp³-hybridized carbons (Fsp3) is 0.769. The molecule has 16 heavy (non-hydrogen) atoms. The predicted octanol–water partition coefficient (Wildman–Crippen LogP) is 3.49. The van der Waals surface area contributed by atoms with E-state index in [0.29, 0.717) is 6.04 Å². The normalized spacial score (nSPS) is 14.9. The summed E-state index contributed by atoms with van der Waals surface area (Å²) in [4.78, 5) is 4.38. The van der Waals surface area contributed by atoms with Crippen LogP contribution in [0.1, 0.15) is 44.5 Å². The Morgan fingerprint density at radius 2 is 2.25 bits per heavy atom. The smallest absolute Gasteiger partial charge is 0.0940 e. The number of thiazole rings is 1. The molecule has 1 rings (SSSR count). The lowest BCUT2D eigenvalue weighted by Crippen LogP contribution is -2.35. The molecule has 2 unspecified atom stereocenters. The number of aromatic nitrogens is 1. The molecule has 2 atom stereocenters. The Kier molecular flexibility index (Phi) is 6.65. The van der Waals surface area contributed by atoms with Crippen LogP contribution in [-0.4, -0.2) is 18.1 Å². The molecule has 92 valence electrons. The zero-order valence-corrected chi connectivity index (χ0v) is 11.5. The van der Waals surface area contributed by atoms with Crippen LogP contribution in [0.25, 0.3) is 0 Å². The summed E-state index contributed by atoms with van der Waals surface area (Å²) in [5.74, 6) is 0.786. The third-order valence-electron chi connectivity index (χ3n) is 3.27. The van der Waals surface area contributed by atoms with Gasteiger partial charge < -0.3 is 5.32 Å². The van der Waals surface area contributed by atoms with E-state index in [1.54, 1.807) is 11.3 Å². The maximum atomic E-state index is 4.38. The van der Waals surface area contributed by atoms with Gasteiger partial charge in [-0.15, -0.1) is 11.3 Å². The highest BCUT2D eigenvalue weighted by Gasteiger charge is 2.19. The number of unbranched alkanes of at least 4 members (excludes halogenated alkanes) is 1. The molecular weight excluding hydrogens is 216 g/mol. The van der Waals surface area contributed by atoms with Crippen LogP contribution in [0, 0.1) is 5.92 Å². The van der Waals surface area contributed by atoms with Gasteiger partial charge in [-0.05, 0) is 19.4 Å². The van der Waals surface area contributed by atoms with E-state index >= 15 is 0 Å². The lowest BCUT2D eigenvalue weighted by molar-refractivity contribution is 0.330. The minimum Gasteiger partial charge on any atom is -0.316 e. The van der Waals surface area contributed by atoms with Gasteiger partial charge in [-0.3, -0.25) is 0 Å². The van der Waals surface area contributed by atoms with Gasteiger partial charge >= 0.3 is 0 Å². The molecule has 0 aliphatic rings. The van der Waals surface area contributed by atoms with Crippen LogP contribution >= 0.6 is 11.3 Å². The summed E-state index contributed by atoms with van der Waals surface area (Å²) in [6.45, 7) is 4.56. The molecule has 0 radical (unpaired) electrons. The van der Waals surface area contributed by atoms with E-state index in [1.165, 1.54) is 30.7 Å². The summed E-state index contributed by atoms with van der Waals surface area (Å²) >= 11 is 1.77. The van der Waals surface area contributed by atoms with Crippen molar-refractivity contribution in [2.75, 3.05) is 7.05 Å². The van der Waals surface area contributed by atoms with Crippen molar-refractivity contribution < 1.29 is 0 Å². The first-order valence-electron chi connectivity index (χ1n) is 6.37. The maximum absolute atomic E-state index is 4.38. The molecule has 2 nitrogen and oxygen atoms in total. The van der Waals surface area contributed by atoms with Crippen LogP contribution in [0.5, 0.6) is 0 Å². The second-order valence-electron chi connectivity index (χ2n) is 4.34. The largest absolute Gasteiger partial charge is 0.316 e. The summed E-state index contributed by atoms with van der Waals surface area (Å²) < 4.78 is 0. The van der Waals surface area contributed by atoms with E-state index in [-0.39, 0.29) is 0 Å². The monoisotopic (exact) mass is 240 g/mol. The highest BCUT2D eigenvalue weighted by Crippen LogP contribution is 2.20. The topological polar surface area (TPSA) is 24.9 Å². The minimum absolute atomic E-state index is 0.586. The molecule has 0 amide bonds. The van der Waals surface area contributed by atoms with Gasteiger partial charge in [0.15, 0.2) is 0 Å². The molecule has 0 saturated carbocycles. The summed E-state index contributed by atoms with van der Waals surface area (Å²) in [7, 11) is 2.08. The van der Waals surface area contributed by atoms with Crippen LogP contribution in [0.4, 0.5) is 0 Å². The Morgan fingerprint density at radius 3 is 2.75 bits per heavy atom. The molecule has 0 saturated heterocycles. The SMILES string of the molecule is CCCCC(CC)C(Cc1nccs1)NC. The van der Waals surface area contributed by atoms with Crippen molar-refractivity contribution in [2.24, 2.45) is 5.92 Å². The Labute approximate surface area is 103 Å². The lowest BCUT2D eigenvalue weighted by Gasteiger charge is -2.25. The minimum atomic E-state index is 0.586. The van der Waals surface area contributed by atoms with Crippen molar-refractivity contribution in [1.29, 1.82) is 0 Å². The van der Waals surface area contributed by atoms with Gasteiger partial charge in [-0.25, -0.2) is 4.98 Å². The molecule has 1 N–H and O–H groups in total. The Balaban J connectivity index is 2.49. The molecule has 0 aliphatic heterocycles. The molecule has 1 heterocycles. The molecule has 0 aromatic carbocycles. The first-order valence-corrected chi connectivity index (χ1v) is 7.25. The van der Waals surface area contributed by atoms with Crippen LogP contribution < -0.4 is 5.32 Å². The highest BCUT2D eigenvalue weighted by atomic mass is 32.1. The Bertz CT molecular complexity index is 259. The van der Waals surface area contributed by atoms with Crippen molar-refractivity contribution in [3.63, 3.8) is 0 Å². The van der Waals surface area contributed by atoms with Crippen molar-refractivity contribution in [1.82, 2.24) is 10.3 Å². The molecule has 0 spiro atoms. The molecule has 0 bridgehead atoms. The van der Waals surface area contributed by atoms with E-state index in [1.807, 2.05) is 6.20 Å². The number of nitrogens with zero attached hydrogens (tertiary/aromatic N) is 1. The van der Waals surface area contributed by atoms with Crippen LogP contribution in [0.3, 0.4) is 0 Å². The van der Waals surface area contributed by atoms with Gasteiger partial charge in [0.05, 0.1) is 5.01 Å². The van der Waals surface area contributed by atoms with E-state index < -0.39 is 0 Å². The maximum Gasteiger partial charge on any atom is 0.0940 e. The molecular formula is C13H24N2S. The predicted molar refractivity (Wildman–Crippen MR) is 72.0 cm³/mol. The average molecular weight is 240 g/mol. The van der Waals surface area contributed by atoms with Crippen molar-refractivity contribution >= 4 is 11.3 Å². The first-order chi connectivity index (χ1) is 7.81. The standard InChI is InChI=1S/C13H24N2S/c1-4-6-7-11(5-2)12(14-3)10-13-15-8-9-16-13/h8-9,11-12,14H,4-7,10H2,1-3H3. The van der Waals surface area contributed by atoms with Crippen LogP contribution in [0.2, 0.25) is 0 Å². The fourth-order valence-electron chi connectivity index (χ4n) is 2.20. The number of rotatable bonds is 8. The zero-order valence-electron chi connectivity index (χ0n) is 10.7. The number of hydrogen-bond acceptors (Lipinski definition) is 3. The summed E-state index contributed by atoms with van der Waals surface area (Å²) in [5, 5.41) is 6.79. The summed E-state index contributed by atoms with van der Waals surface area (Å²) in [6, 6.07) is 0.586. The molecule has 0 aliphatic carbocycles. The Hall–Kier alpha value is -0.410. The van der Waals surface area contributed by atoms with E-state index in [0.717, 1.165) is 12.3 Å². The second kappa shape index (κ2) is 7.80. The van der Waals surface area contributed by atoms with E-state index in [9.17, 15) is 0 Å². The summed E-state index contributed by atoms with van der Waals surface area (Å²) in [5.41, 5.74) is 0. The molecule has 0 fully saturated rings. The Morgan fingerprint density at radius 1 is 1.44 bits per heavy atom. The van der Waals surface area contributed by atoms with Gasteiger partial charge in [0.25, 0.3) is 0 Å². The molecule has 1 aromatic rings. The van der Waals surface area contributed by atoms with Gasteiger partial charge in [0.2, 0.25) is 0 Å². The van der Waals surface area contributed by atoms with Crippen molar-refractivity contribution in [3.8, 4) is 0 Å². The number of hydrogen-bond donors (Lipinski definition) is 1. The van der Waals surface area contributed by atoms with Gasteiger partial charge in [0.1, 0.15) is 0 Å². The van der Waals surface area contributed by atoms with Crippen molar-refractivity contribution in [2.45, 2.75) is 52.0 Å². The fourth-order valence-corrected chi connectivity index (χ4v) is 2.88. The first kappa shape index (κ1) is 13.7. The van der Waals surface area contributed by atoms with Crippen molar-refractivity contribution in [3.05, 3.63) is 16.6 Å². The van der Waals surface area contributed by atoms with Crippen LogP contribution in [-0.2, 0) is 6.42 Å². The van der Waals surface area contributed by atoms with E-state index in [2.05, 4.69) is 36.6 Å². The van der Waals surface area contributed by atoms with Gasteiger partial charge in [-0.2, -0.15) is 0 Å².